The third kappa shape index (κ3) is 3.31. The fourth-order valence-corrected chi connectivity index (χ4v) is 1.68. The molecule has 14 heavy (non-hydrogen) atoms. The summed E-state index contributed by atoms with van der Waals surface area (Å²) in [6, 6.07) is 0. The van der Waals surface area contributed by atoms with E-state index in [0.29, 0.717) is 0 Å². The Hall–Kier alpha value is -0.540. The van der Waals surface area contributed by atoms with Gasteiger partial charge in [-0.15, -0.1) is 0 Å². The average Bonchev–Trinajstić information content (AvgIpc) is 2.24. The molecule has 0 atom stereocenters. The molecule has 84 valence electrons. The summed E-state index contributed by atoms with van der Waals surface area (Å²) in [6.45, 7) is 6.25. The number of likely N-dealkylation sites (N-methyl/N-ethyl adjacent to an activating group) is 3. The van der Waals surface area contributed by atoms with Crippen LogP contribution in [-0.4, -0.2) is 26.8 Å². The lowest BCUT2D eigenvalue weighted by atomic mass is 9.98. The fraction of sp³-hybridized carbons (Fsp3) is 0.818. The third-order valence-corrected chi connectivity index (χ3v) is 2.83. The molecule has 0 aromatic heterocycles. The third-order valence-electron chi connectivity index (χ3n) is 2.83. The van der Waals surface area contributed by atoms with E-state index < -0.39 is 0 Å². The van der Waals surface area contributed by atoms with Gasteiger partial charge in [-0.05, 0) is 26.9 Å². The van der Waals surface area contributed by atoms with Crippen LogP contribution in [0.1, 0.15) is 32.6 Å². The zero-order valence-corrected chi connectivity index (χ0v) is 10.0. The van der Waals surface area contributed by atoms with Gasteiger partial charge in [0.2, 0.25) is 0 Å². The second-order valence-electron chi connectivity index (χ2n) is 3.59. The van der Waals surface area contributed by atoms with E-state index in [9.17, 15) is 0 Å². The highest BCUT2D eigenvalue weighted by Crippen LogP contribution is 2.17. The molecular weight excluding hydrogens is 174 g/mol. The summed E-state index contributed by atoms with van der Waals surface area (Å²) in [7, 11) is 5.83. The molecule has 0 aromatic carbocycles. The van der Waals surface area contributed by atoms with Gasteiger partial charge in [-0.2, -0.15) is 0 Å². The molecule has 0 radical (unpaired) electrons. The van der Waals surface area contributed by atoms with Gasteiger partial charge in [0.1, 0.15) is 5.66 Å². The first-order chi connectivity index (χ1) is 6.66. The molecule has 0 aromatic rings. The van der Waals surface area contributed by atoms with Gasteiger partial charge in [0.15, 0.2) is 0 Å². The van der Waals surface area contributed by atoms with E-state index in [-0.39, 0.29) is 5.66 Å². The maximum Gasteiger partial charge on any atom is 0.109 e. The molecule has 3 N–H and O–H groups in total. The van der Waals surface area contributed by atoms with Crippen molar-refractivity contribution in [3.05, 3.63) is 12.3 Å². The smallest absolute Gasteiger partial charge is 0.109 e. The number of unbranched alkanes of at least 4 members (excludes halogenated alkanes) is 2. The number of nitrogens with one attached hydrogen (secondary N) is 3. The van der Waals surface area contributed by atoms with E-state index in [1.54, 1.807) is 0 Å². The molecule has 0 aliphatic carbocycles. The lowest BCUT2D eigenvalue weighted by Crippen LogP contribution is -2.57. The van der Waals surface area contributed by atoms with Crippen LogP contribution in [0.15, 0.2) is 12.3 Å². The highest BCUT2D eigenvalue weighted by atomic mass is 15.2. The Balaban J connectivity index is 4.29. The molecule has 0 unspecified atom stereocenters. The SMILES string of the molecule is C=C(NC)C(CCCCC)(NC)NC. The zero-order valence-electron chi connectivity index (χ0n) is 10.0. The van der Waals surface area contributed by atoms with Crippen molar-refractivity contribution in [2.45, 2.75) is 38.3 Å². The molecule has 0 saturated carbocycles. The fourth-order valence-electron chi connectivity index (χ4n) is 1.68. The Bertz CT molecular complexity index is 162. The second kappa shape index (κ2) is 6.85. The minimum Gasteiger partial charge on any atom is -0.389 e. The Kier molecular flexibility index (Phi) is 6.58. The van der Waals surface area contributed by atoms with Crippen LogP contribution in [0.5, 0.6) is 0 Å². The molecule has 0 bridgehead atoms. The summed E-state index contributed by atoms with van der Waals surface area (Å²) in [5, 5.41) is 9.72. The Morgan fingerprint density at radius 1 is 1.14 bits per heavy atom. The van der Waals surface area contributed by atoms with Crippen LogP contribution in [0.4, 0.5) is 0 Å². The topological polar surface area (TPSA) is 36.1 Å². The maximum absolute atomic E-state index is 4.03. The van der Waals surface area contributed by atoms with Gasteiger partial charge >= 0.3 is 0 Å². The van der Waals surface area contributed by atoms with E-state index in [1.807, 2.05) is 21.1 Å². The molecule has 0 aliphatic rings. The maximum atomic E-state index is 4.03. The summed E-state index contributed by atoms with van der Waals surface area (Å²) in [6.07, 6.45) is 4.78. The van der Waals surface area contributed by atoms with Gasteiger partial charge in [-0.25, -0.2) is 0 Å². The van der Waals surface area contributed by atoms with Crippen LogP contribution < -0.4 is 16.0 Å². The Morgan fingerprint density at radius 3 is 2.07 bits per heavy atom. The highest BCUT2D eigenvalue weighted by Gasteiger charge is 2.27. The lowest BCUT2D eigenvalue weighted by Gasteiger charge is -2.35. The van der Waals surface area contributed by atoms with Gasteiger partial charge < -0.3 is 5.32 Å². The normalized spacial score (nSPS) is 11.4. The number of rotatable bonds is 8. The summed E-state index contributed by atoms with van der Waals surface area (Å²) >= 11 is 0. The minimum absolute atomic E-state index is 0.163. The highest BCUT2D eigenvalue weighted by molar-refractivity contribution is 5.12. The van der Waals surface area contributed by atoms with Crippen molar-refractivity contribution < 1.29 is 0 Å². The van der Waals surface area contributed by atoms with Crippen molar-refractivity contribution in [2.24, 2.45) is 0 Å². The first kappa shape index (κ1) is 13.5. The van der Waals surface area contributed by atoms with Crippen LogP contribution in [0.25, 0.3) is 0 Å². The van der Waals surface area contributed by atoms with Gasteiger partial charge in [0.05, 0.1) is 0 Å². The molecule has 0 spiro atoms. The largest absolute Gasteiger partial charge is 0.389 e. The van der Waals surface area contributed by atoms with Crippen LogP contribution in [-0.2, 0) is 0 Å². The van der Waals surface area contributed by atoms with Crippen LogP contribution in [0.2, 0.25) is 0 Å². The van der Waals surface area contributed by atoms with E-state index >= 15 is 0 Å². The molecule has 0 rings (SSSR count). The average molecular weight is 199 g/mol. The number of hydrogen-bond donors (Lipinski definition) is 3. The van der Waals surface area contributed by atoms with Crippen molar-refractivity contribution >= 4 is 0 Å². The molecule has 0 heterocycles. The van der Waals surface area contributed by atoms with Crippen LogP contribution in [0.3, 0.4) is 0 Å². The molecule has 0 aliphatic heterocycles. The summed E-state index contributed by atoms with van der Waals surface area (Å²) in [4.78, 5) is 0. The van der Waals surface area contributed by atoms with Crippen molar-refractivity contribution in [3.63, 3.8) is 0 Å². The van der Waals surface area contributed by atoms with Gasteiger partial charge in [0.25, 0.3) is 0 Å². The van der Waals surface area contributed by atoms with Crippen LogP contribution in [0, 0.1) is 0 Å². The standard InChI is InChI=1S/C11H25N3/c1-6-7-8-9-11(13-4,14-5)10(2)12-3/h12-14H,2,6-9H2,1,3-5H3. The van der Waals surface area contributed by atoms with E-state index in [4.69, 9.17) is 0 Å². The quantitative estimate of drug-likeness (QED) is 0.409. The molecule has 0 saturated heterocycles. The molecule has 3 heteroatoms. The molecular formula is C11H25N3. The predicted octanol–water partition coefficient (Wildman–Crippen LogP) is 1.43. The Morgan fingerprint density at radius 2 is 1.71 bits per heavy atom. The van der Waals surface area contributed by atoms with E-state index in [2.05, 4.69) is 29.5 Å². The minimum atomic E-state index is -0.163. The number of hydrogen-bond acceptors (Lipinski definition) is 3. The first-order valence-electron chi connectivity index (χ1n) is 5.41. The molecule has 0 amide bonds. The van der Waals surface area contributed by atoms with Crippen molar-refractivity contribution in [1.82, 2.24) is 16.0 Å². The van der Waals surface area contributed by atoms with E-state index in [1.165, 1.54) is 19.3 Å². The lowest BCUT2D eigenvalue weighted by molar-refractivity contribution is 0.305. The predicted molar refractivity (Wildman–Crippen MR) is 63.2 cm³/mol. The first-order valence-corrected chi connectivity index (χ1v) is 5.41. The van der Waals surface area contributed by atoms with E-state index in [0.717, 1.165) is 12.1 Å². The van der Waals surface area contributed by atoms with Crippen molar-refractivity contribution in [2.75, 3.05) is 21.1 Å². The summed E-state index contributed by atoms with van der Waals surface area (Å²) in [5.41, 5.74) is 0.836. The van der Waals surface area contributed by atoms with Gasteiger partial charge in [-0.1, -0.05) is 26.3 Å². The second-order valence-corrected chi connectivity index (χ2v) is 3.59. The molecule has 3 nitrogen and oxygen atoms in total. The van der Waals surface area contributed by atoms with Gasteiger partial charge in [0, 0.05) is 12.7 Å². The van der Waals surface area contributed by atoms with Gasteiger partial charge in [-0.3, -0.25) is 10.6 Å². The monoisotopic (exact) mass is 199 g/mol. The van der Waals surface area contributed by atoms with Crippen molar-refractivity contribution in [3.8, 4) is 0 Å². The molecule has 0 fully saturated rings. The summed E-state index contributed by atoms with van der Waals surface area (Å²) < 4.78 is 0. The Labute approximate surface area is 88.3 Å². The van der Waals surface area contributed by atoms with Crippen LogP contribution >= 0.6 is 0 Å². The van der Waals surface area contributed by atoms with Crippen molar-refractivity contribution in [1.29, 1.82) is 0 Å². The summed E-state index contributed by atoms with van der Waals surface area (Å²) in [5.74, 6) is 0. The zero-order chi connectivity index (χ0) is 11.0.